The fourth-order valence-electron chi connectivity index (χ4n) is 5.06. The molecule has 0 spiro atoms. The van der Waals surface area contributed by atoms with Gasteiger partial charge in [0, 0.05) is 62.1 Å². The Bertz CT molecular complexity index is 1800. The van der Waals surface area contributed by atoms with Gasteiger partial charge in [0.1, 0.15) is 5.56 Å². The fraction of sp³-hybridized carbons (Fsp3) is 0.258. The Kier molecular flexibility index (Phi) is 9.31. The number of aliphatic hydroxyl groups excluding tert-OH is 1. The first kappa shape index (κ1) is 31.1. The molecule has 2 aromatic carbocycles. The van der Waals surface area contributed by atoms with Crippen LogP contribution in [0.4, 0.5) is 5.69 Å². The number of nitrogens with one attached hydrogen (secondary N) is 2. The van der Waals surface area contributed by atoms with Crippen molar-refractivity contribution in [3.63, 3.8) is 0 Å². The fourth-order valence-corrected chi connectivity index (χ4v) is 5.66. The van der Waals surface area contributed by atoms with Crippen molar-refractivity contribution >= 4 is 40.7 Å². The summed E-state index contributed by atoms with van der Waals surface area (Å²) in [6, 6.07) is 15.4. The molecule has 11 nitrogen and oxygen atoms in total. The van der Waals surface area contributed by atoms with E-state index >= 15 is 0 Å². The minimum atomic E-state index is -0.666. The number of nitrogens with zero attached hydrogens (tertiary/aromatic N) is 4. The lowest BCUT2D eigenvalue weighted by Gasteiger charge is -2.18. The van der Waals surface area contributed by atoms with Crippen LogP contribution in [0.2, 0.25) is 10.0 Å². The van der Waals surface area contributed by atoms with E-state index in [0.717, 1.165) is 10.2 Å². The zero-order chi connectivity index (χ0) is 31.5. The molecule has 228 valence electrons. The number of anilines is 1. The Morgan fingerprint density at radius 1 is 1.02 bits per heavy atom. The van der Waals surface area contributed by atoms with E-state index in [-0.39, 0.29) is 22.5 Å². The Morgan fingerprint density at radius 3 is 2.43 bits per heavy atom. The minimum absolute atomic E-state index is 0.0693. The van der Waals surface area contributed by atoms with Gasteiger partial charge >= 0.3 is 0 Å². The van der Waals surface area contributed by atoms with Crippen LogP contribution in [-0.2, 0) is 18.4 Å². The minimum Gasteiger partial charge on any atom is -0.481 e. The van der Waals surface area contributed by atoms with E-state index in [0.29, 0.717) is 58.6 Å². The summed E-state index contributed by atoms with van der Waals surface area (Å²) >= 11 is 13.7. The van der Waals surface area contributed by atoms with Crippen molar-refractivity contribution in [2.24, 2.45) is 7.05 Å². The van der Waals surface area contributed by atoms with Crippen molar-refractivity contribution in [2.75, 3.05) is 25.5 Å². The molecule has 0 unspecified atom stereocenters. The zero-order valence-electron chi connectivity index (χ0n) is 24.2. The number of amides is 2. The van der Waals surface area contributed by atoms with Crippen LogP contribution in [0.5, 0.6) is 5.88 Å². The molecule has 5 rings (SSSR count). The van der Waals surface area contributed by atoms with E-state index in [1.165, 1.54) is 33.3 Å². The number of aliphatic hydroxyl groups is 1. The third kappa shape index (κ3) is 6.31. The van der Waals surface area contributed by atoms with Gasteiger partial charge in [-0.1, -0.05) is 59.6 Å². The maximum Gasteiger partial charge on any atom is 0.279 e. The third-order valence-electron chi connectivity index (χ3n) is 7.48. The smallest absolute Gasteiger partial charge is 0.279 e. The Labute approximate surface area is 263 Å². The van der Waals surface area contributed by atoms with E-state index in [1.54, 1.807) is 23.1 Å². The summed E-state index contributed by atoms with van der Waals surface area (Å²) in [6.07, 6.45) is 0.703. The van der Waals surface area contributed by atoms with Crippen LogP contribution in [0.1, 0.15) is 22.8 Å². The summed E-state index contributed by atoms with van der Waals surface area (Å²) in [7, 11) is 2.99. The number of aryl methyl sites for hydroxylation is 1. The highest BCUT2D eigenvalue weighted by Gasteiger charge is 2.32. The predicted molar refractivity (Wildman–Crippen MR) is 168 cm³/mol. The molecule has 0 saturated carbocycles. The second kappa shape index (κ2) is 13.1. The molecule has 0 radical (unpaired) electrons. The maximum atomic E-state index is 12.9. The van der Waals surface area contributed by atoms with Gasteiger partial charge < -0.3 is 25.4 Å². The van der Waals surface area contributed by atoms with Gasteiger partial charge in [-0.3, -0.25) is 14.4 Å². The van der Waals surface area contributed by atoms with Gasteiger partial charge in [0.2, 0.25) is 11.8 Å². The number of methoxy groups -OCH3 is 1. The zero-order valence-corrected chi connectivity index (χ0v) is 25.7. The molecule has 0 aliphatic carbocycles. The highest BCUT2D eigenvalue weighted by molar-refractivity contribution is 6.39. The Morgan fingerprint density at radius 2 is 1.73 bits per heavy atom. The highest BCUT2D eigenvalue weighted by Crippen LogP contribution is 2.41. The Hall–Kier alpha value is -4.29. The monoisotopic (exact) mass is 636 g/mol. The van der Waals surface area contributed by atoms with Crippen molar-refractivity contribution in [1.29, 1.82) is 0 Å². The molecule has 4 aromatic rings. The molecular formula is C31H30Cl2N6O5. The first-order valence-electron chi connectivity index (χ1n) is 13.7. The van der Waals surface area contributed by atoms with Crippen molar-refractivity contribution in [1.82, 2.24) is 25.0 Å². The average molecular weight is 638 g/mol. The van der Waals surface area contributed by atoms with Crippen molar-refractivity contribution < 1.29 is 19.4 Å². The van der Waals surface area contributed by atoms with Gasteiger partial charge in [0.15, 0.2) is 0 Å². The first-order valence-corrected chi connectivity index (χ1v) is 14.5. The molecule has 3 N–H and O–H groups in total. The number of benzene rings is 2. The molecule has 1 aliphatic rings. The third-order valence-corrected chi connectivity index (χ3v) is 8.30. The van der Waals surface area contributed by atoms with Gasteiger partial charge in [-0.05, 0) is 18.2 Å². The number of β-amino-alcohol motifs (C(OH)–C–C–N with tert-alkyl or cyclic N) is 1. The van der Waals surface area contributed by atoms with Crippen LogP contribution in [0, 0.1) is 0 Å². The number of aromatic nitrogens is 3. The lowest BCUT2D eigenvalue weighted by Crippen LogP contribution is -2.38. The summed E-state index contributed by atoms with van der Waals surface area (Å²) in [5.74, 6) is -0.306. The molecule has 1 saturated heterocycles. The van der Waals surface area contributed by atoms with Gasteiger partial charge in [0.05, 0.1) is 40.7 Å². The summed E-state index contributed by atoms with van der Waals surface area (Å²) < 4.78 is 6.65. The van der Waals surface area contributed by atoms with Gasteiger partial charge in [-0.2, -0.15) is 5.10 Å². The van der Waals surface area contributed by atoms with E-state index in [9.17, 15) is 19.5 Å². The lowest BCUT2D eigenvalue weighted by atomic mass is 10.00. The molecular weight excluding hydrogens is 607 g/mol. The topological polar surface area (TPSA) is 139 Å². The molecule has 44 heavy (non-hydrogen) atoms. The van der Waals surface area contributed by atoms with Crippen molar-refractivity contribution in [2.45, 2.75) is 25.6 Å². The molecule has 13 heteroatoms. The second-order valence-electron chi connectivity index (χ2n) is 10.3. The number of carbonyl (C=O) groups excluding carboxylic acids is 2. The van der Waals surface area contributed by atoms with Gasteiger partial charge in [0.25, 0.3) is 11.5 Å². The van der Waals surface area contributed by atoms with Crippen LogP contribution >= 0.6 is 23.2 Å². The lowest BCUT2D eigenvalue weighted by molar-refractivity contribution is -0.128. The normalized spacial score (nSPS) is 16.2. The molecule has 2 atom stereocenters. The van der Waals surface area contributed by atoms with Crippen LogP contribution < -0.4 is 20.9 Å². The van der Waals surface area contributed by atoms with Crippen LogP contribution in [-0.4, -0.2) is 68.9 Å². The van der Waals surface area contributed by atoms with Crippen LogP contribution in [0.25, 0.3) is 22.4 Å². The number of carbonyl (C=O) groups is 2. The van der Waals surface area contributed by atoms with Crippen molar-refractivity contribution in [3.05, 3.63) is 92.3 Å². The Balaban J connectivity index is 1.39. The number of rotatable bonds is 8. The summed E-state index contributed by atoms with van der Waals surface area (Å²) in [4.78, 5) is 43.2. The molecule has 1 aliphatic heterocycles. The summed E-state index contributed by atoms with van der Waals surface area (Å²) in [5, 5.41) is 20.8. The standard InChI is InChI=1S/C31H30Cl2N6O5/c1-17(40)39-15-25(26(41)16-39)34-14-18-10-11-23(37-30(18)44-3)21-8-4-6-19(27(21)32)20-7-5-9-24(28(20)33)36-29(42)22-12-13-35-38(2)31(22)43/h4-13,25-26,34,41H,14-16H2,1-3H3,(H,36,42)/t25-,26-/m1/s1. The SMILES string of the molecule is COc1nc(-c2cccc(-c3cccc(NC(=O)c4ccnn(C)c4=O)c3Cl)c2Cl)ccc1CN[C@@H]1CN(C(C)=O)C[C@H]1O. The van der Waals surface area contributed by atoms with Gasteiger partial charge in [-0.25, -0.2) is 9.67 Å². The number of pyridine rings is 1. The number of likely N-dealkylation sites (tertiary alicyclic amines) is 1. The van der Waals surface area contributed by atoms with E-state index < -0.39 is 17.6 Å². The number of hydrogen-bond acceptors (Lipinski definition) is 8. The van der Waals surface area contributed by atoms with Gasteiger partial charge in [-0.15, -0.1) is 0 Å². The van der Waals surface area contributed by atoms with Crippen LogP contribution in [0.3, 0.4) is 0 Å². The molecule has 2 aromatic heterocycles. The number of halogens is 2. The van der Waals surface area contributed by atoms with Crippen LogP contribution in [0.15, 0.2) is 65.6 Å². The summed E-state index contributed by atoms with van der Waals surface area (Å²) in [5.41, 5.74) is 2.86. The summed E-state index contributed by atoms with van der Waals surface area (Å²) in [6.45, 7) is 2.57. The largest absolute Gasteiger partial charge is 0.481 e. The molecule has 0 bridgehead atoms. The molecule has 1 fully saturated rings. The average Bonchev–Trinajstić information content (AvgIpc) is 3.39. The van der Waals surface area contributed by atoms with E-state index in [4.69, 9.17) is 32.9 Å². The highest BCUT2D eigenvalue weighted by atomic mass is 35.5. The maximum absolute atomic E-state index is 12.9. The van der Waals surface area contributed by atoms with Crippen molar-refractivity contribution in [3.8, 4) is 28.3 Å². The van der Waals surface area contributed by atoms with E-state index in [1.807, 2.05) is 30.3 Å². The quantitative estimate of drug-likeness (QED) is 0.266. The molecule has 2 amide bonds. The van der Waals surface area contributed by atoms with E-state index in [2.05, 4.69) is 15.7 Å². The number of hydrogen-bond donors (Lipinski definition) is 3. The number of ether oxygens (including phenoxy) is 1. The molecule has 3 heterocycles. The first-order chi connectivity index (χ1) is 21.1. The predicted octanol–water partition coefficient (Wildman–Crippen LogP) is 3.76. The second-order valence-corrected chi connectivity index (χ2v) is 11.1.